The van der Waals surface area contributed by atoms with E-state index < -0.39 is 6.04 Å². The molecule has 0 bridgehead atoms. The van der Waals surface area contributed by atoms with Crippen molar-refractivity contribution in [2.24, 2.45) is 5.73 Å². The highest BCUT2D eigenvalue weighted by Crippen LogP contribution is 2.27. The molecular weight excluding hydrogens is 288 g/mol. The number of rotatable bonds is 5. The van der Waals surface area contributed by atoms with Gasteiger partial charge in [0.1, 0.15) is 11.5 Å². The van der Waals surface area contributed by atoms with Gasteiger partial charge in [-0.25, -0.2) is 0 Å². The van der Waals surface area contributed by atoms with Crippen LogP contribution in [0.1, 0.15) is 29.2 Å². The van der Waals surface area contributed by atoms with Gasteiger partial charge in [-0.05, 0) is 68.1 Å². The molecule has 2 rings (SSSR count). The van der Waals surface area contributed by atoms with Crippen molar-refractivity contribution >= 4 is 5.91 Å². The summed E-state index contributed by atoms with van der Waals surface area (Å²) in [5.74, 6) is 1.50. The van der Waals surface area contributed by atoms with Crippen LogP contribution in [0.15, 0.2) is 36.4 Å². The average molecular weight is 312 g/mol. The Morgan fingerprint density at radius 3 is 2.35 bits per heavy atom. The van der Waals surface area contributed by atoms with E-state index in [1.54, 1.807) is 6.92 Å². The van der Waals surface area contributed by atoms with Crippen molar-refractivity contribution < 1.29 is 9.53 Å². The van der Waals surface area contributed by atoms with Crippen LogP contribution in [0.25, 0.3) is 0 Å². The summed E-state index contributed by atoms with van der Waals surface area (Å²) in [5, 5.41) is 2.80. The summed E-state index contributed by atoms with van der Waals surface area (Å²) < 4.78 is 5.98. The first-order valence-corrected chi connectivity index (χ1v) is 7.74. The van der Waals surface area contributed by atoms with Crippen LogP contribution in [-0.2, 0) is 11.3 Å². The van der Waals surface area contributed by atoms with Crippen molar-refractivity contribution in [2.45, 2.75) is 40.3 Å². The number of nitrogens with one attached hydrogen (secondary N) is 1. The summed E-state index contributed by atoms with van der Waals surface area (Å²) in [5.41, 5.74) is 9.92. The summed E-state index contributed by atoms with van der Waals surface area (Å²) in [4.78, 5) is 11.5. The first-order chi connectivity index (χ1) is 10.8. The number of hydrogen-bond acceptors (Lipinski definition) is 3. The molecule has 2 aromatic carbocycles. The lowest BCUT2D eigenvalue weighted by Crippen LogP contribution is -2.37. The Morgan fingerprint density at radius 2 is 1.78 bits per heavy atom. The molecule has 2 aromatic rings. The van der Waals surface area contributed by atoms with Crippen LogP contribution in [-0.4, -0.2) is 11.9 Å². The molecule has 23 heavy (non-hydrogen) atoms. The Balaban J connectivity index is 2.08. The third-order valence-corrected chi connectivity index (χ3v) is 3.54. The van der Waals surface area contributed by atoms with Gasteiger partial charge in [-0.15, -0.1) is 0 Å². The fourth-order valence-corrected chi connectivity index (χ4v) is 2.40. The minimum absolute atomic E-state index is 0.154. The second kappa shape index (κ2) is 7.29. The number of carbonyl (C=O) groups excluding carboxylic acids is 1. The van der Waals surface area contributed by atoms with Crippen molar-refractivity contribution in [1.82, 2.24) is 5.32 Å². The quantitative estimate of drug-likeness (QED) is 0.889. The summed E-state index contributed by atoms with van der Waals surface area (Å²) >= 11 is 0. The molecule has 1 unspecified atom stereocenters. The Bertz CT molecular complexity index is 688. The van der Waals surface area contributed by atoms with E-state index in [0.717, 1.165) is 22.6 Å². The number of carbonyl (C=O) groups is 1. The molecule has 0 radical (unpaired) electrons. The maximum absolute atomic E-state index is 11.5. The average Bonchev–Trinajstić information content (AvgIpc) is 2.46. The molecule has 1 amide bonds. The molecule has 122 valence electrons. The predicted octanol–water partition coefficient (Wildman–Crippen LogP) is 3.37. The lowest BCUT2D eigenvalue weighted by molar-refractivity contribution is -0.122. The molecule has 0 aromatic heterocycles. The minimum atomic E-state index is -0.497. The highest BCUT2D eigenvalue weighted by atomic mass is 16.5. The number of aryl methyl sites for hydroxylation is 3. The molecule has 0 saturated carbocycles. The number of ether oxygens (including phenoxy) is 1. The molecule has 4 nitrogen and oxygen atoms in total. The van der Waals surface area contributed by atoms with Crippen LogP contribution in [0.4, 0.5) is 0 Å². The van der Waals surface area contributed by atoms with Gasteiger partial charge in [-0.1, -0.05) is 18.2 Å². The molecule has 4 heteroatoms. The van der Waals surface area contributed by atoms with Gasteiger partial charge in [0.2, 0.25) is 5.91 Å². The topological polar surface area (TPSA) is 64.3 Å². The van der Waals surface area contributed by atoms with E-state index in [9.17, 15) is 4.79 Å². The number of amides is 1. The van der Waals surface area contributed by atoms with Crippen LogP contribution in [0.5, 0.6) is 11.5 Å². The third-order valence-electron chi connectivity index (χ3n) is 3.54. The van der Waals surface area contributed by atoms with Gasteiger partial charge < -0.3 is 15.8 Å². The van der Waals surface area contributed by atoms with Gasteiger partial charge in [-0.2, -0.15) is 0 Å². The third kappa shape index (κ3) is 4.83. The summed E-state index contributed by atoms with van der Waals surface area (Å²) in [7, 11) is 0. The number of nitrogens with two attached hydrogens (primary N) is 1. The SMILES string of the molecule is Cc1cc(C)cc(Oc2ccc(CNC(=O)C(C)N)cc2C)c1. The molecule has 0 aliphatic heterocycles. The highest BCUT2D eigenvalue weighted by Gasteiger charge is 2.08. The Kier molecular flexibility index (Phi) is 5.40. The van der Waals surface area contributed by atoms with Crippen LogP contribution in [0.2, 0.25) is 0 Å². The largest absolute Gasteiger partial charge is 0.457 e. The zero-order valence-electron chi connectivity index (χ0n) is 14.1. The van der Waals surface area contributed by atoms with Crippen molar-refractivity contribution in [1.29, 1.82) is 0 Å². The lowest BCUT2D eigenvalue weighted by Gasteiger charge is -2.12. The molecule has 0 fully saturated rings. The smallest absolute Gasteiger partial charge is 0.236 e. The summed E-state index contributed by atoms with van der Waals surface area (Å²) in [6, 6.07) is 11.5. The zero-order valence-corrected chi connectivity index (χ0v) is 14.1. The van der Waals surface area contributed by atoms with E-state index in [0.29, 0.717) is 6.54 Å². The van der Waals surface area contributed by atoms with E-state index in [-0.39, 0.29) is 5.91 Å². The lowest BCUT2D eigenvalue weighted by atomic mass is 10.1. The predicted molar refractivity (Wildman–Crippen MR) is 92.7 cm³/mol. The van der Waals surface area contributed by atoms with Gasteiger partial charge in [0.25, 0.3) is 0 Å². The van der Waals surface area contributed by atoms with Gasteiger partial charge in [0.05, 0.1) is 6.04 Å². The number of benzene rings is 2. The Hall–Kier alpha value is -2.33. The van der Waals surface area contributed by atoms with Crippen molar-refractivity contribution in [2.75, 3.05) is 0 Å². The first kappa shape index (κ1) is 17.0. The maximum Gasteiger partial charge on any atom is 0.236 e. The van der Waals surface area contributed by atoms with Crippen LogP contribution >= 0.6 is 0 Å². The first-order valence-electron chi connectivity index (χ1n) is 7.74. The van der Waals surface area contributed by atoms with Crippen LogP contribution < -0.4 is 15.8 Å². The second-order valence-electron chi connectivity index (χ2n) is 6.03. The fourth-order valence-electron chi connectivity index (χ4n) is 2.40. The monoisotopic (exact) mass is 312 g/mol. The fraction of sp³-hybridized carbons (Fsp3) is 0.316. The molecule has 0 aliphatic rings. The van der Waals surface area contributed by atoms with Gasteiger partial charge in [0, 0.05) is 6.54 Å². The zero-order chi connectivity index (χ0) is 17.0. The van der Waals surface area contributed by atoms with Gasteiger partial charge >= 0.3 is 0 Å². The van der Waals surface area contributed by atoms with Crippen LogP contribution in [0.3, 0.4) is 0 Å². The summed E-state index contributed by atoms with van der Waals surface area (Å²) in [6.07, 6.45) is 0. The standard InChI is InChI=1S/C19H24N2O2/c1-12-7-13(2)9-17(8-12)23-18-6-5-16(10-14(18)3)11-21-19(22)15(4)20/h5-10,15H,11,20H2,1-4H3,(H,21,22). The van der Waals surface area contributed by atoms with Crippen molar-refractivity contribution in [3.8, 4) is 11.5 Å². The van der Waals surface area contributed by atoms with E-state index in [1.807, 2.05) is 37.3 Å². The van der Waals surface area contributed by atoms with Crippen molar-refractivity contribution in [3.63, 3.8) is 0 Å². The normalized spacial score (nSPS) is 11.9. The second-order valence-corrected chi connectivity index (χ2v) is 6.03. The molecule has 0 saturated heterocycles. The minimum Gasteiger partial charge on any atom is -0.457 e. The number of hydrogen-bond donors (Lipinski definition) is 2. The molecule has 0 aliphatic carbocycles. The van der Waals surface area contributed by atoms with E-state index in [2.05, 4.69) is 25.2 Å². The highest BCUT2D eigenvalue weighted by molar-refractivity contribution is 5.80. The van der Waals surface area contributed by atoms with Gasteiger partial charge in [-0.3, -0.25) is 4.79 Å². The molecule has 3 N–H and O–H groups in total. The van der Waals surface area contributed by atoms with E-state index in [1.165, 1.54) is 11.1 Å². The van der Waals surface area contributed by atoms with E-state index >= 15 is 0 Å². The van der Waals surface area contributed by atoms with Gasteiger partial charge in [0.15, 0.2) is 0 Å². The maximum atomic E-state index is 11.5. The Labute approximate surface area is 137 Å². The molecule has 0 heterocycles. The molecule has 0 spiro atoms. The van der Waals surface area contributed by atoms with Crippen molar-refractivity contribution in [3.05, 3.63) is 58.7 Å². The summed E-state index contributed by atoms with van der Waals surface area (Å²) in [6.45, 7) is 8.23. The molecular formula is C19H24N2O2. The van der Waals surface area contributed by atoms with Crippen LogP contribution in [0, 0.1) is 20.8 Å². The Morgan fingerprint density at radius 1 is 1.13 bits per heavy atom. The van der Waals surface area contributed by atoms with E-state index in [4.69, 9.17) is 10.5 Å². The molecule has 1 atom stereocenters.